The van der Waals surface area contributed by atoms with Gasteiger partial charge in [-0.3, -0.25) is 4.79 Å². The molecule has 2 heterocycles. The van der Waals surface area contributed by atoms with Gasteiger partial charge in [0.05, 0.1) is 19.3 Å². The van der Waals surface area contributed by atoms with Crippen molar-refractivity contribution >= 4 is 5.82 Å². The Kier molecular flexibility index (Phi) is 4.93. The second kappa shape index (κ2) is 6.68. The van der Waals surface area contributed by atoms with Crippen molar-refractivity contribution in [2.45, 2.75) is 32.3 Å². The largest absolute Gasteiger partial charge is 0.394 e. The molecule has 0 radical (unpaired) electrons. The number of aromatic amines is 1. The van der Waals surface area contributed by atoms with E-state index in [4.69, 9.17) is 9.84 Å². The van der Waals surface area contributed by atoms with Crippen molar-refractivity contribution in [3.63, 3.8) is 0 Å². The molecular weight excluding hydrogens is 246 g/mol. The number of H-pyrrole nitrogens is 1. The lowest BCUT2D eigenvalue weighted by atomic mass is 10.1. The van der Waals surface area contributed by atoms with Gasteiger partial charge in [-0.05, 0) is 12.8 Å². The van der Waals surface area contributed by atoms with Crippen LogP contribution in [0.4, 0.5) is 5.82 Å². The topological polar surface area (TPSA) is 78.5 Å². The summed E-state index contributed by atoms with van der Waals surface area (Å²) in [6, 6.07) is 1.55. The van der Waals surface area contributed by atoms with Crippen molar-refractivity contribution in [3.05, 3.63) is 22.2 Å². The van der Waals surface area contributed by atoms with Gasteiger partial charge in [-0.15, -0.1) is 0 Å². The maximum absolute atomic E-state index is 11.5. The minimum atomic E-state index is -0.0968. The van der Waals surface area contributed by atoms with Crippen LogP contribution in [0, 0.1) is 0 Å². The molecule has 0 aliphatic carbocycles. The minimum Gasteiger partial charge on any atom is -0.394 e. The number of piperidine rings is 1. The lowest BCUT2D eigenvalue weighted by Gasteiger charge is -2.32. The van der Waals surface area contributed by atoms with E-state index < -0.39 is 0 Å². The van der Waals surface area contributed by atoms with Crippen LogP contribution in [0.3, 0.4) is 0 Å². The van der Waals surface area contributed by atoms with E-state index in [0.717, 1.165) is 44.0 Å². The molecule has 0 amide bonds. The highest BCUT2D eigenvalue weighted by molar-refractivity contribution is 5.38. The van der Waals surface area contributed by atoms with Crippen LogP contribution >= 0.6 is 0 Å². The lowest BCUT2D eigenvalue weighted by molar-refractivity contribution is 0.0158. The summed E-state index contributed by atoms with van der Waals surface area (Å²) in [5.74, 6) is 1.47. The van der Waals surface area contributed by atoms with Gasteiger partial charge in [0.15, 0.2) is 0 Å². The van der Waals surface area contributed by atoms with Crippen LogP contribution in [0.2, 0.25) is 0 Å². The van der Waals surface area contributed by atoms with Gasteiger partial charge < -0.3 is 19.7 Å². The van der Waals surface area contributed by atoms with Crippen LogP contribution in [0.15, 0.2) is 10.9 Å². The molecule has 2 N–H and O–H groups in total. The molecule has 1 aliphatic heterocycles. The van der Waals surface area contributed by atoms with Crippen molar-refractivity contribution in [3.8, 4) is 0 Å². The third kappa shape index (κ3) is 3.78. The first kappa shape index (κ1) is 14.0. The Labute approximate surface area is 112 Å². The fraction of sp³-hybridized carbons (Fsp3) is 0.692. The molecule has 19 heavy (non-hydrogen) atoms. The van der Waals surface area contributed by atoms with Gasteiger partial charge in [0.25, 0.3) is 5.56 Å². The molecular formula is C13H21N3O3. The normalized spacial score (nSPS) is 16.8. The maximum atomic E-state index is 11.5. The Morgan fingerprint density at radius 3 is 2.89 bits per heavy atom. The lowest BCUT2D eigenvalue weighted by Crippen LogP contribution is -2.38. The molecule has 1 aromatic rings. The van der Waals surface area contributed by atoms with E-state index in [1.165, 1.54) is 0 Å². The van der Waals surface area contributed by atoms with E-state index in [0.29, 0.717) is 6.61 Å². The van der Waals surface area contributed by atoms with Gasteiger partial charge in [-0.2, -0.15) is 0 Å². The van der Waals surface area contributed by atoms with E-state index >= 15 is 0 Å². The number of aliphatic hydroxyl groups is 1. The molecule has 1 aromatic heterocycles. The molecule has 2 rings (SSSR count). The number of aliphatic hydroxyl groups excluding tert-OH is 1. The van der Waals surface area contributed by atoms with Crippen molar-refractivity contribution in [1.82, 2.24) is 9.97 Å². The van der Waals surface area contributed by atoms with Crippen LogP contribution in [0.5, 0.6) is 0 Å². The fourth-order valence-electron chi connectivity index (χ4n) is 2.29. The SMILES string of the molecule is CCc1nc(N2CCC(OCCO)CC2)cc(=O)[nH]1. The number of aromatic nitrogens is 2. The number of nitrogens with one attached hydrogen (secondary N) is 1. The van der Waals surface area contributed by atoms with Crippen LogP contribution in [-0.2, 0) is 11.2 Å². The Balaban J connectivity index is 1.97. The molecule has 0 unspecified atom stereocenters. The summed E-state index contributed by atoms with van der Waals surface area (Å²) in [5, 5.41) is 8.73. The molecule has 6 nitrogen and oxygen atoms in total. The Morgan fingerprint density at radius 2 is 2.26 bits per heavy atom. The van der Waals surface area contributed by atoms with Crippen molar-refractivity contribution < 1.29 is 9.84 Å². The van der Waals surface area contributed by atoms with E-state index in [9.17, 15) is 4.79 Å². The number of nitrogens with zero attached hydrogens (tertiary/aromatic N) is 2. The summed E-state index contributed by atoms with van der Waals surface area (Å²) in [6.45, 7) is 4.09. The quantitative estimate of drug-likeness (QED) is 0.803. The number of hydrogen-bond acceptors (Lipinski definition) is 5. The van der Waals surface area contributed by atoms with Gasteiger partial charge in [-0.25, -0.2) is 4.98 Å². The molecule has 6 heteroatoms. The fourth-order valence-corrected chi connectivity index (χ4v) is 2.29. The Morgan fingerprint density at radius 1 is 1.53 bits per heavy atom. The van der Waals surface area contributed by atoms with E-state index in [2.05, 4.69) is 14.9 Å². The minimum absolute atomic E-state index is 0.0652. The smallest absolute Gasteiger partial charge is 0.252 e. The first-order valence-electron chi connectivity index (χ1n) is 6.80. The van der Waals surface area contributed by atoms with Crippen LogP contribution < -0.4 is 10.5 Å². The molecule has 0 aromatic carbocycles. The highest BCUT2D eigenvalue weighted by Crippen LogP contribution is 2.18. The molecule has 1 aliphatic rings. The Hall–Kier alpha value is -1.40. The maximum Gasteiger partial charge on any atom is 0.252 e. The van der Waals surface area contributed by atoms with Crippen molar-refractivity contribution in [1.29, 1.82) is 0 Å². The average Bonchev–Trinajstić information content (AvgIpc) is 2.45. The first-order chi connectivity index (χ1) is 9.22. The summed E-state index contributed by atoms with van der Waals surface area (Å²) < 4.78 is 5.52. The number of rotatable bonds is 5. The highest BCUT2D eigenvalue weighted by Gasteiger charge is 2.21. The monoisotopic (exact) mass is 267 g/mol. The summed E-state index contributed by atoms with van der Waals surface area (Å²) in [5.41, 5.74) is -0.0968. The second-order valence-electron chi connectivity index (χ2n) is 4.68. The predicted octanol–water partition coefficient (Wildman–Crippen LogP) is 0.310. The van der Waals surface area contributed by atoms with E-state index in [1.807, 2.05) is 6.92 Å². The zero-order valence-electron chi connectivity index (χ0n) is 11.3. The third-order valence-electron chi connectivity index (χ3n) is 3.32. The summed E-state index contributed by atoms with van der Waals surface area (Å²) in [4.78, 5) is 20.8. The molecule has 0 atom stereocenters. The highest BCUT2D eigenvalue weighted by atomic mass is 16.5. The molecule has 1 fully saturated rings. The average molecular weight is 267 g/mol. The van der Waals surface area contributed by atoms with Gasteiger partial charge in [0.2, 0.25) is 0 Å². The zero-order valence-corrected chi connectivity index (χ0v) is 11.3. The summed E-state index contributed by atoms with van der Waals surface area (Å²) in [7, 11) is 0. The molecule has 0 bridgehead atoms. The van der Waals surface area contributed by atoms with E-state index in [-0.39, 0.29) is 18.3 Å². The molecule has 0 saturated carbocycles. The summed E-state index contributed by atoms with van der Waals surface area (Å²) in [6.07, 6.45) is 2.72. The van der Waals surface area contributed by atoms with Crippen LogP contribution in [0.1, 0.15) is 25.6 Å². The number of aryl methyl sites for hydroxylation is 1. The van der Waals surface area contributed by atoms with E-state index in [1.54, 1.807) is 6.07 Å². The van der Waals surface area contributed by atoms with Gasteiger partial charge in [0.1, 0.15) is 11.6 Å². The third-order valence-corrected chi connectivity index (χ3v) is 3.32. The van der Waals surface area contributed by atoms with Gasteiger partial charge >= 0.3 is 0 Å². The second-order valence-corrected chi connectivity index (χ2v) is 4.68. The summed E-state index contributed by atoms with van der Waals surface area (Å²) >= 11 is 0. The van der Waals surface area contributed by atoms with Crippen molar-refractivity contribution in [2.75, 3.05) is 31.2 Å². The molecule has 0 spiro atoms. The number of ether oxygens (including phenoxy) is 1. The predicted molar refractivity (Wildman–Crippen MR) is 72.5 cm³/mol. The van der Waals surface area contributed by atoms with Gasteiger partial charge in [0, 0.05) is 25.6 Å². The standard InChI is InChI=1S/C13H21N3O3/c1-2-11-14-12(9-13(18)15-11)16-5-3-10(4-6-16)19-8-7-17/h9-10,17H,2-8H2,1H3,(H,14,15,18). The van der Waals surface area contributed by atoms with Crippen LogP contribution in [-0.4, -0.2) is 47.5 Å². The molecule has 1 saturated heterocycles. The first-order valence-corrected chi connectivity index (χ1v) is 6.80. The van der Waals surface area contributed by atoms with Crippen LogP contribution in [0.25, 0.3) is 0 Å². The Bertz CT molecular complexity index is 453. The number of hydrogen-bond donors (Lipinski definition) is 2. The van der Waals surface area contributed by atoms with Gasteiger partial charge in [-0.1, -0.05) is 6.92 Å². The number of anilines is 1. The molecule has 106 valence electrons. The van der Waals surface area contributed by atoms with Crippen molar-refractivity contribution in [2.24, 2.45) is 0 Å². The zero-order chi connectivity index (χ0) is 13.7.